The van der Waals surface area contributed by atoms with Crippen LogP contribution in [0.4, 0.5) is 0 Å². The summed E-state index contributed by atoms with van der Waals surface area (Å²) in [5.74, 6) is 0.743. The van der Waals surface area contributed by atoms with Gasteiger partial charge in [-0.2, -0.15) is 14.6 Å². The first-order chi connectivity index (χ1) is 12.6. The van der Waals surface area contributed by atoms with Crippen LogP contribution < -0.4 is 20.4 Å². The molecule has 0 N–H and O–H groups in total. The number of hydrogen-bond donors (Lipinski definition) is 0. The van der Waals surface area contributed by atoms with Gasteiger partial charge in [0.15, 0.2) is 0 Å². The average molecular weight is 371 g/mol. The number of ether oxygens (including phenoxy) is 1. The molecule has 0 aliphatic rings. The van der Waals surface area contributed by atoms with Crippen molar-refractivity contribution in [3.63, 3.8) is 0 Å². The first-order valence-electron chi connectivity index (χ1n) is 8.74. The Kier molecular flexibility index (Phi) is 5.78. The number of unbranched alkanes of at least 4 members (excludes halogenated alkanes) is 3. The van der Waals surface area contributed by atoms with Crippen LogP contribution >= 0.6 is 11.3 Å². The molecule has 26 heavy (non-hydrogen) atoms. The molecule has 0 spiro atoms. The standard InChI is InChI=1S/C19H21N3O3S/c1-3-4-5-8-11-25-15-10-7-6-9-14(15)12-16-18(24)22-19(26-16)20-17(23)13(2)21-22/h6-7,9-10,12H,3-5,8,11H2,1-2H3. The molecule has 7 heteroatoms. The van der Waals surface area contributed by atoms with Crippen LogP contribution in [0.25, 0.3) is 11.0 Å². The highest BCUT2D eigenvalue weighted by atomic mass is 32.1. The van der Waals surface area contributed by atoms with Crippen LogP contribution in [0.5, 0.6) is 5.75 Å². The summed E-state index contributed by atoms with van der Waals surface area (Å²) in [6.07, 6.45) is 6.32. The Bertz CT molecular complexity index is 1070. The van der Waals surface area contributed by atoms with E-state index in [1.807, 2.05) is 24.3 Å². The van der Waals surface area contributed by atoms with Crippen molar-refractivity contribution < 1.29 is 4.74 Å². The summed E-state index contributed by atoms with van der Waals surface area (Å²) in [6.45, 7) is 4.37. The van der Waals surface area contributed by atoms with Gasteiger partial charge in [0.1, 0.15) is 11.4 Å². The van der Waals surface area contributed by atoms with Crippen LogP contribution in [-0.4, -0.2) is 21.2 Å². The number of fused-ring (bicyclic) bond motifs is 1. The van der Waals surface area contributed by atoms with E-state index in [0.717, 1.165) is 35.5 Å². The third-order valence-electron chi connectivity index (χ3n) is 4.00. The summed E-state index contributed by atoms with van der Waals surface area (Å²) in [5, 5.41) is 4.03. The molecule has 0 aliphatic heterocycles. The monoisotopic (exact) mass is 371 g/mol. The van der Waals surface area contributed by atoms with Crippen molar-refractivity contribution in [2.75, 3.05) is 6.61 Å². The fraction of sp³-hybridized carbons (Fsp3) is 0.368. The molecule has 0 bridgehead atoms. The van der Waals surface area contributed by atoms with Crippen LogP contribution in [0.2, 0.25) is 0 Å². The van der Waals surface area contributed by atoms with E-state index in [0.29, 0.717) is 16.1 Å². The van der Waals surface area contributed by atoms with Crippen LogP contribution in [0, 0.1) is 6.92 Å². The molecular weight excluding hydrogens is 350 g/mol. The third kappa shape index (κ3) is 3.99. The maximum Gasteiger partial charge on any atom is 0.295 e. The van der Waals surface area contributed by atoms with Crippen LogP contribution in [-0.2, 0) is 0 Å². The van der Waals surface area contributed by atoms with Gasteiger partial charge >= 0.3 is 0 Å². The lowest BCUT2D eigenvalue weighted by molar-refractivity contribution is 0.304. The second-order valence-corrected chi connectivity index (χ2v) is 7.07. The molecule has 0 radical (unpaired) electrons. The van der Waals surface area contributed by atoms with Gasteiger partial charge in [-0.3, -0.25) is 9.59 Å². The molecule has 0 saturated carbocycles. The second-order valence-electron chi connectivity index (χ2n) is 6.06. The van der Waals surface area contributed by atoms with Crippen LogP contribution in [0.3, 0.4) is 0 Å². The molecule has 136 valence electrons. The Balaban J connectivity index is 1.93. The molecular formula is C19H21N3O3S. The minimum atomic E-state index is -0.409. The molecule has 6 nitrogen and oxygen atoms in total. The first kappa shape index (κ1) is 18.3. The molecule has 0 unspecified atom stereocenters. The van der Waals surface area contributed by atoms with E-state index in [2.05, 4.69) is 17.0 Å². The number of rotatable bonds is 7. The quantitative estimate of drug-likeness (QED) is 0.596. The molecule has 1 aromatic carbocycles. The van der Waals surface area contributed by atoms with E-state index >= 15 is 0 Å². The van der Waals surface area contributed by atoms with Gasteiger partial charge in [0, 0.05) is 5.56 Å². The number of aromatic nitrogens is 3. The van der Waals surface area contributed by atoms with Crippen molar-refractivity contribution in [3.8, 4) is 5.75 Å². The van der Waals surface area contributed by atoms with Crippen molar-refractivity contribution in [1.29, 1.82) is 0 Å². The molecule has 0 fully saturated rings. The summed E-state index contributed by atoms with van der Waals surface area (Å²) in [6, 6.07) is 7.61. The Morgan fingerprint density at radius 1 is 1.19 bits per heavy atom. The minimum absolute atomic E-state index is 0.208. The maximum atomic E-state index is 12.5. The van der Waals surface area contributed by atoms with E-state index < -0.39 is 5.56 Å². The summed E-state index contributed by atoms with van der Waals surface area (Å²) in [5.41, 5.74) is 0.345. The fourth-order valence-corrected chi connectivity index (χ4v) is 3.47. The number of thiazole rings is 1. The van der Waals surface area contributed by atoms with Crippen molar-refractivity contribution >= 4 is 22.4 Å². The zero-order valence-corrected chi connectivity index (χ0v) is 15.7. The normalized spacial score (nSPS) is 12.0. The van der Waals surface area contributed by atoms with Gasteiger partial charge in [-0.25, -0.2) is 0 Å². The second kappa shape index (κ2) is 8.23. The largest absolute Gasteiger partial charge is 0.493 e. The van der Waals surface area contributed by atoms with Crippen molar-refractivity contribution in [1.82, 2.24) is 14.6 Å². The number of hydrogen-bond acceptors (Lipinski definition) is 6. The molecule has 0 aliphatic carbocycles. The topological polar surface area (TPSA) is 73.6 Å². The zero-order valence-electron chi connectivity index (χ0n) is 14.9. The highest BCUT2D eigenvalue weighted by Crippen LogP contribution is 2.19. The molecule has 0 atom stereocenters. The van der Waals surface area contributed by atoms with Gasteiger partial charge in [-0.15, -0.1) is 0 Å². The highest BCUT2D eigenvalue weighted by molar-refractivity contribution is 7.15. The van der Waals surface area contributed by atoms with Gasteiger partial charge in [-0.05, 0) is 25.5 Å². The van der Waals surface area contributed by atoms with E-state index in [4.69, 9.17) is 4.74 Å². The van der Waals surface area contributed by atoms with Crippen molar-refractivity contribution in [3.05, 3.63) is 60.8 Å². The molecule has 2 heterocycles. The van der Waals surface area contributed by atoms with E-state index in [9.17, 15) is 9.59 Å². The Morgan fingerprint density at radius 2 is 2.00 bits per heavy atom. The summed E-state index contributed by atoms with van der Waals surface area (Å²) in [4.78, 5) is 28.4. The lowest BCUT2D eigenvalue weighted by atomic mass is 10.2. The Labute approximate surface area is 154 Å². The first-order valence-corrected chi connectivity index (χ1v) is 9.56. The van der Waals surface area contributed by atoms with E-state index in [-0.39, 0.29) is 11.3 Å². The van der Waals surface area contributed by atoms with E-state index in [1.54, 1.807) is 13.0 Å². The lowest BCUT2D eigenvalue weighted by Gasteiger charge is -2.08. The molecule has 0 amide bonds. The van der Waals surface area contributed by atoms with E-state index in [1.165, 1.54) is 17.4 Å². The molecule has 3 aromatic rings. The average Bonchev–Trinajstić information content (AvgIpc) is 2.92. The SMILES string of the molecule is CCCCCCOc1ccccc1C=c1sc2nc(=O)c(C)nn2c1=O. The lowest BCUT2D eigenvalue weighted by Crippen LogP contribution is -2.27. The summed E-state index contributed by atoms with van der Waals surface area (Å²) >= 11 is 1.15. The third-order valence-corrected chi connectivity index (χ3v) is 4.96. The van der Waals surface area contributed by atoms with Gasteiger partial charge in [0.2, 0.25) is 4.96 Å². The minimum Gasteiger partial charge on any atom is -0.493 e. The van der Waals surface area contributed by atoms with Gasteiger partial charge in [0.25, 0.3) is 11.1 Å². The number of benzene rings is 1. The fourth-order valence-electron chi connectivity index (χ4n) is 2.57. The van der Waals surface area contributed by atoms with Gasteiger partial charge in [0.05, 0.1) is 11.1 Å². The smallest absolute Gasteiger partial charge is 0.295 e. The summed E-state index contributed by atoms with van der Waals surface area (Å²) < 4.78 is 7.54. The number of aryl methyl sites for hydroxylation is 1. The predicted molar refractivity (Wildman–Crippen MR) is 103 cm³/mol. The van der Waals surface area contributed by atoms with Crippen LogP contribution in [0.1, 0.15) is 43.9 Å². The number of para-hydroxylation sites is 1. The molecule has 3 rings (SSSR count). The highest BCUT2D eigenvalue weighted by Gasteiger charge is 2.09. The summed E-state index contributed by atoms with van der Waals surface area (Å²) in [7, 11) is 0. The Hall–Kier alpha value is -2.54. The van der Waals surface area contributed by atoms with Crippen molar-refractivity contribution in [2.45, 2.75) is 39.5 Å². The van der Waals surface area contributed by atoms with Crippen LogP contribution in [0.15, 0.2) is 33.9 Å². The van der Waals surface area contributed by atoms with Gasteiger partial charge in [-0.1, -0.05) is 55.7 Å². The number of nitrogens with zero attached hydrogens (tertiary/aromatic N) is 3. The van der Waals surface area contributed by atoms with Gasteiger partial charge < -0.3 is 4.74 Å². The molecule has 0 saturated heterocycles. The molecule has 2 aromatic heterocycles. The predicted octanol–water partition coefficient (Wildman–Crippen LogP) is 2.33. The van der Waals surface area contributed by atoms with Crippen molar-refractivity contribution in [2.24, 2.45) is 0 Å². The zero-order chi connectivity index (χ0) is 18.5. The Morgan fingerprint density at radius 3 is 2.81 bits per heavy atom. The maximum absolute atomic E-state index is 12.5.